The number of rotatable bonds is 4. The molecule has 1 aliphatic rings. The van der Waals surface area contributed by atoms with E-state index in [9.17, 15) is 19.7 Å². The van der Waals surface area contributed by atoms with Crippen LogP contribution in [0.2, 0.25) is 0 Å². The van der Waals surface area contributed by atoms with Crippen LogP contribution in [0.15, 0.2) is 18.2 Å². The van der Waals surface area contributed by atoms with Gasteiger partial charge >= 0.3 is 0 Å². The summed E-state index contributed by atoms with van der Waals surface area (Å²) in [6.45, 7) is 5.99. The molecule has 1 saturated heterocycles. The molecule has 26 heavy (non-hydrogen) atoms. The predicted octanol–water partition coefficient (Wildman–Crippen LogP) is 2.34. The normalized spacial score (nSPS) is 20.1. The molecule has 0 spiro atoms. The fraction of sp³-hybridized carbons (Fsp3) is 0.529. The molecule has 0 aliphatic carbocycles. The van der Waals surface area contributed by atoms with E-state index in [4.69, 9.17) is 4.74 Å². The van der Waals surface area contributed by atoms with Crippen LogP contribution in [0, 0.1) is 13.7 Å². The van der Waals surface area contributed by atoms with Crippen molar-refractivity contribution in [3.05, 3.63) is 37.4 Å². The van der Waals surface area contributed by atoms with Crippen molar-refractivity contribution in [2.45, 2.75) is 44.9 Å². The van der Waals surface area contributed by atoms with Crippen molar-refractivity contribution in [3.8, 4) is 0 Å². The fourth-order valence-corrected chi connectivity index (χ4v) is 3.51. The summed E-state index contributed by atoms with van der Waals surface area (Å²) in [4.78, 5) is 37.2. The van der Waals surface area contributed by atoms with Crippen molar-refractivity contribution < 1.29 is 19.2 Å². The van der Waals surface area contributed by atoms with E-state index < -0.39 is 22.5 Å². The number of halogens is 1. The number of benzene rings is 1. The third kappa shape index (κ3) is 4.70. The van der Waals surface area contributed by atoms with Crippen LogP contribution in [0.25, 0.3) is 0 Å². The maximum Gasteiger partial charge on any atom is 0.283 e. The van der Waals surface area contributed by atoms with E-state index in [2.05, 4.69) is 5.32 Å². The molecule has 0 radical (unpaired) electrons. The number of carbonyl (C=O) groups excluding carboxylic acids is 2. The lowest BCUT2D eigenvalue weighted by atomic mass is 10.1. The van der Waals surface area contributed by atoms with E-state index in [1.165, 1.54) is 30.1 Å². The largest absolute Gasteiger partial charge is 0.371 e. The summed E-state index contributed by atoms with van der Waals surface area (Å²) in [5, 5.41) is 13.7. The highest BCUT2D eigenvalue weighted by Gasteiger charge is 2.41. The molecule has 142 valence electrons. The summed E-state index contributed by atoms with van der Waals surface area (Å²) in [6.07, 6.45) is 0.106. The molecule has 9 heteroatoms. The number of nitro benzene ring substituents is 1. The molecule has 1 N–H and O–H groups in total. The van der Waals surface area contributed by atoms with Crippen molar-refractivity contribution in [1.82, 2.24) is 10.2 Å². The molecule has 8 nitrogen and oxygen atoms in total. The molecular formula is C17H22IN3O5. The Labute approximate surface area is 165 Å². The molecule has 1 aromatic carbocycles. The minimum absolute atomic E-state index is 0.130. The lowest BCUT2D eigenvalue weighted by Crippen LogP contribution is -2.45. The van der Waals surface area contributed by atoms with Crippen molar-refractivity contribution in [1.29, 1.82) is 0 Å². The summed E-state index contributed by atoms with van der Waals surface area (Å²) in [5.74, 6) is -0.698. The predicted molar refractivity (Wildman–Crippen MR) is 104 cm³/mol. The molecule has 0 aromatic heterocycles. The number of likely N-dealkylation sites (tertiary alicyclic amines) is 1. The average molecular weight is 475 g/mol. The average Bonchev–Trinajstić information content (AvgIpc) is 2.95. The Bertz CT molecular complexity index is 732. The number of nitrogens with zero attached hydrogens (tertiary/aromatic N) is 2. The van der Waals surface area contributed by atoms with Gasteiger partial charge in [-0.15, -0.1) is 0 Å². The summed E-state index contributed by atoms with van der Waals surface area (Å²) < 4.78 is 6.38. The van der Waals surface area contributed by atoms with Crippen LogP contribution >= 0.6 is 22.6 Å². The van der Waals surface area contributed by atoms with Gasteiger partial charge in [0.25, 0.3) is 11.6 Å². The standard InChI is InChI=1S/C17H22IN3O5/c1-17(2,3)26-11-8-14(15(22)19-4)20(9-11)16(23)10-5-6-12(18)13(7-10)21(24)25/h5-7,11,14H,8-9H2,1-4H3,(H,19,22)/t11-,14?/m0/s1. The van der Waals surface area contributed by atoms with Crippen LogP contribution < -0.4 is 5.32 Å². The Morgan fingerprint density at radius 1 is 1.38 bits per heavy atom. The van der Waals surface area contributed by atoms with Gasteiger partial charge in [-0.3, -0.25) is 19.7 Å². The van der Waals surface area contributed by atoms with Gasteiger partial charge in [0, 0.05) is 31.6 Å². The fourth-order valence-electron chi connectivity index (χ4n) is 2.97. The number of nitrogens with one attached hydrogen (secondary N) is 1. The van der Waals surface area contributed by atoms with E-state index in [0.29, 0.717) is 9.99 Å². The van der Waals surface area contributed by atoms with Gasteiger partial charge in [-0.05, 0) is 55.5 Å². The third-order valence-corrected chi connectivity index (χ3v) is 4.89. The van der Waals surface area contributed by atoms with E-state index >= 15 is 0 Å². The lowest BCUT2D eigenvalue weighted by Gasteiger charge is -2.25. The Hall–Kier alpha value is -1.75. The number of amides is 2. The molecule has 1 unspecified atom stereocenters. The van der Waals surface area contributed by atoms with Gasteiger partial charge in [0.2, 0.25) is 5.91 Å². The van der Waals surface area contributed by atoms with Gasteiger partial charge in [-0.25, -0.2) is 0 Å². The highest BCUT2D eigenvalue weighted by atomic mass is 127. The first-order chi connectivity index (χ1) is 12.0. The Morgan fingerprint density at radius 3 is 2.58 bits per heavy atom. The van der Waals surface area contributed by atoms with Crippen molar-refractivity contribution in [2.24, 2.45) is 0 Å². The third-order valence-electron chi connectivity index (χ3n) is 3.98. The van der Waals surface area contributed by atoms with Crippen LogP contribution in [-0.2, 0) is 9.53 Å². The SMILES string of the molecule is CNC(=O)C1C[C@H](OC(C)(C)C)CN1C(=O)c1ccc(I)c([N+](=O)[O-])c1. The minimum Gasteiger partial charge on any atom is -0.371 e. The van der Waals surface area contributed by atoms with Gasteiger partial charge in [-0.2, -0.15) is 0 Å². The zero-order valence-electron chi connectivity index (χ0n) is 15.1. The first-order valence-corrected chi connectivity index (χ1v) is 9.25. The van der Waals surface area contributed by atoms with Crippen LogP contribution in [0.3, 0.4) is 0 Å². The van der Waals surface area contributed by atoms with Crippen LogP contribution in [0.5, 0.6) is 0 Å². The monoisotopic (exact) mass is 475 g/mol. The van der Waals surface area contributed by atoms with Gasteiger partial charge in [0.1, 0.15) is 6.04 Å². The van der Waals surface area contributed by atoms with E-state index in [1.807, 2.05) is 43.4 Å². The summed E-state index contributed by atoms with van der Waals surface area (Å²) in [6, 6.07) is 3.65. The Kier molecular flexibility index (Phi) is 6.22. The zero-order chi connectivity index (χ0) is 19.6. The molecule has 2 rings (SSSR count). The van der Waals surface area contributed by atoms with Crippen LogP contribution in [0.4, 0.5) is 5.69 Å². The molecule has 1 fully saturated rings. The van der Waals surface area contributed by atoms with Crippen molar-refractivity contribution in [2.75, 3.05) is 13.6 Å². The number of likely N-dealkylation sites (N-methyl/N-ethyl adjacent to an activating group) is 1. The number of hydrogen-bond donors (Lipinski definition) is 1. The molecule has 1 heterocycles. The molecule has 0 bridgehead atoms. The van der Waals surface area contributed by atoms with Crippen molar-refractivity contribution >= 4 is 40.1 Å². The second-order valence-electron chi connectivity index (χ2n) is 7.10. The van der Waals surface area contributed by atoms with Gasteiger partial charge in [-0.1, -0.05) is 0 Å². The molecule has 1 aromatic rings. The lowest BCUT2D eigenvalue weighted by molar-refractivity contribution is -0.385. The van der Waals surface area contributed by atoms with Gasteiger partial charge in [0.05, 0.1) is 20.2 Å². The van der Waals surface area contributed by atoms with E-state index in [0.717, 1.165) is 0 Å². The number of hydrogen-bond acceptors (Lipinski definition) is 5. The van der Waals surface area contributed by atoms with E-state index in [-0.39, 0.29) is 29.8 Å². The zero-order valence-corrected chi connectivity index (χ0v) is 17.3. The van der Waals surface area contributed by atoms with Gasteiger partial charge in [0.15, 0.2) is 0 Å². The molecule has 0 saturated carbocycles. The highest BCUT2D eigenvalue weighted by Crippen LogP contribution is 2.28. The van der Waals surface area contributed by atoms with Crippen molar-refractivity contribution in [3.63, 3.8) is 0 Å². The topological polar surface area (TPSA) is 102 Å². The Morgan fingerprint density at radius 2 is 2.04 bits per heavy atom. The smallest absolute Gasteiger partial charge is 0.283 e. The minimum atomic E-state index is -0.668. The molecular weight excluding hydrogens is 453 g/mol. The quantitative estimate of drug-likeness (QED) is 0.409. The number of nitro groups is 1. The maximum atomic E-state index is 12.9. The highest BCUT2D eigenvalue weighted by molar-refractivity contribution is 14.1. The number of ether oxygens (including phenoxy) is 1. The summed E-state index contributed by atoms with van der Waals surface area (Å²) >= 11 is 1.85. The molecule has 2 atom stereocenters. The van der Waals surface area contributed by atoms with Gasteiger partial charge < -0.3 is 15.0 Å². The van der Waals surface area contributed by atoms with E-state index in [1.54, 1.807) is 0 Å². The maximum absolute atomic E-state index is 12.9. The summed E-state index contributed by atoms with van der Waals surface area (Å²) in [5.41, 5.74) is -0.351. The van der Waals surface area contributed by atoms with Crippen LogP contribution in [-0.4, -0.2) is 53.0 Å². The first kappa shape index (κ1) is 20.6. The Balaban J connectivity index is 2.31. The van der Waals surface area contributed by atoms with Crippen LogP contribution in [0.1, 0.15) is 37.6 Å². The molecule has 1 aliphatic heterocycles. The first-order valence-electron chi connectivity index (χ1n) is 8.18. The second kappa shape index (κ2) is 7.87. The summed E-state index contributed by atoms with van der Waals surface area (Å²) in [7, 11) is 1.51. The number of carbonyl (C=O) groups is 2. The molecule has 2 amide bonds. The second-order valence-corrected chi connectivity index (χ2v) is 8.26.